The van der Waals surface area contributed by atoms with Crippen LogP contribution in [0.3, 0.4) is 0 Å². The summed E-state index contributed by atoms with van der Waals surface area (Å²) in [5.74, 6) is 2.30. The van der Waals surface area contributed by atoms with Gasteiger partial charge in [-0.3, -0.25) is 0 Å². The lowest BCUT2D eigenvalue weighted by Crippen LogP contribution is -2.05. The quantitative estimate of drug-likeness (QED) is 0.807. The molecule has 1 aromatic carbocycles. The maximum Gasteiger partial charge on any atom is 0.124 e. The lowest BCUT2D eigenvalue weighted by Gasteiger charge is -2.10. The summed E-state index contributed by atoms with van der Waals surface area (Å²) < 4.78 is 7.67. The zero-order valence-corrected chi connectivity index (χ0v) is 12.4. The summed E-state index contributed by atoms with van der Waals surface area (Å²) in [6.45, 7) is 7.92. The first-order chi connectivity index (χ1) is 9.65. The number of ether oxygens (including phenoxy) is 1. The van der Waals surface area contributed by atoms with Crippen molar-refractivity contribution in [2.45, 2.75) is 40.2 Å². The highest BCUT2D eigenvalue weighted by molar-refractivity contribution is 5.78. The van der Waals surface area contributed by atoms with E-state index in [1.165, 1.54) is 0 Å². The molecule has 0 radical (unpaired) electrons. The number of aryl methyl sites for hydroxylation is 1. The van der Waals surface area contributed by atoms with Gasteiger partial charge in [0.05, 0.1) is 30.1 Å². The maximum absolute atomic E-state index is 8.96. The zero-order valence-electron chi connectivity index (χ0n) is 12.4. The molecule has 0 bridgehead atoms. The van der Waals surface area contributed by atoms with Gasteiger partial charge in [0.1, 0.15) is 11.6 Å². The highest BCUT2D eigenvalue weighted by atomic mass is 16.5. The highest BCUT2D eigenvalue weighted by Gasteiger charge is 2.11. The summed E-state index contributed by atoms with van der Waals surface area (Å²) in [4.78, 5) is 4.58. The SMILES string of the molecule is CCOc1ccc2c(c1)nc(CC#N)n2CCC(C)C. The van der Waals surface area contributed by atoms with Gasteiger partial charge in [0.2, 0.25) is 0 Å². The van der Waals surface area contributed by atoms with Gasteiger partial charge in [0, 0.05) is 12.6 Å². The number of aromatic nitrogens is 2. The standard InChI is InChI=1S/C16H21N3O/c1-4-20-13-5-6-15-14(11-13)18-16(7-9-17)19(15)10-8-12(2)3/h5-6,11-12H,4,7-8,10H2,1-3H3. The molecular formula is C16H21N3O. The van der Waals surface area contributed by atoms with Crippen molar-refractivity contribution in [2.75, 3.05) is 6.61 Å². The van der Waals surface area contributed by atoms with Crippen molar-refractivity contribution in [2.24, 2.45) is 5.92 Å². The minimum absolute atomic E-state index is 0.344. The predicted octanol–water partition coefficient (Wildman–Crippen LogP) is 3.55. The van der Waals surface area contributed by atoms with Crippen LogP contribution >= 0.6 is 0 Å². The number of rotatable bonds is 6. The summed E-state index contributed by atoms with van der Waals surface area (Å²) in [6, 6.07) is 8.15. The molecule has 4 heteroatoms. The minimum atomic E-state index is 0.344. The van der Waals surface area contributed by atoms with Crippen LogP contribution in [0.15, 0.2) is 18.2 Å². The molecule has 0 saturated heterocycles. The molecule has 0 fully saturated rings. The van der Waals surface area contributed by atoms with Crippen molar-refractivity contribution in [3.63, 3.8) is 0 Å². The molecule has 0 spiro atoms. The molecule has 0 aliphatic heterocycles. The Hall–Kier alpha value is -2.02. The summed E-state index contributed by atoms with van der Waals surface area (Å²) in [7, 11) is 0. The Bertz CT molecular complexity index is 622. The third-order valence-electron chi connectivity index (χ3n) is 3.28. The Morgan fingerprint density at radius 3 is 2.85 bits per heavy atom. The third kappa shape index (κ3) is 3.11. The van der Waals surface area contributed by atoms with E-state index in [1.54, 1.807) is 0 Å². The van der Waals surface area contributed by atoms with Gasteiger partial charge in [-0.25, -0.2) is 4.98 Å². The van der Waals surface area contributed by atoms with Crippen molar-refractivity contribution < 1.29 is 4.74 Å². The molecule has 1 aromatic heterocycles. The molecule has 0 aliphatic rings. The van der Waals surface area contributed by atoms with E-state index in [0.717, 1.165) is 35.6 Å². The Morgan fingerprint density at radius 2 is 2.20 bits per heavy atom. The van der Waals surface area contributed by atoms with Crippen molar-refractivity contribution in [3.8, 4) is 11.8 Å². The zero-order chi connectivity index (χ0) is 14.5. The van der Waals surface area contributed by atoms with Crippen LogP contribution in [0.25, 0.3) is 11.0 Å². The molecule has 106 valence electrons. The predicted molar refractivity (Wildman–Crippen MR) is 79.7 cm³/mol. The lowest BCUT2D eigenvalue weighted by molar-refractivity contribution is 0.340. The monoisotopic (exact) mass is 271 g/mol. The van der Waals surface area contributed by atoms with Crippen LogP contribution in [-0.4, -0.2) is 16.2 Å². The van der Waals surface area contributed by atoms with Gasteiger partial charge in [-0.05, 0) is 31.4 Å². The second-order valence-corrected chi connectivity index (χ2v) is 5.28. The van der Waals surface area contributed by atoms with E-state index in [9.17, 15) is 0 Å². The number of imidazole rings is 1. The number of nitrogens with zero attached hydrogens (tertiary/aromatic N) is 3. The van der Waals surface area contributed by atoms with Crippen LogP contribution in [0.5, 0.6) is 5.75 Å². The van der Waals surface area contributed by atoms with E-state index in [-0.39, 0.29) is 0 Å². The van der Waals surface area contributed by atoms with Crippen molar-refractivity contribution >= 4 is 11.0 Å². The van der Waals surface area contributed by atoms with E-state index in [1.807, 2.05) is 25.1 Å². The third-order valence-corrected chi connectivity index (χ3v) is 3.28. The molecule has 4 nitrogen and oxygen atoms in total. The van der Waals surface area contributed by atoms with Crippen LogP contribution in [-0.2, 0) is 13.0 Å². The van der Waals surface area contributed by atoms with Crippen LogP contribution in [0, 0.1) is 17.2 Å². The van der Waals surface area contributed by atoms with Crippen molar-refractivity contribution in [3.05, 3.63) is 24.0 Å². The fourth-order valence-corrected chi connectivity index (χ4v) is 2.26. The number of nitriles is 1. The Balaban J connectivity index is 2.41. The summed E-state index contributed by atoms with van der Waals surface area (Å²) in [5, 5.41) is 8.96. The molecule has 20 heavy (non-hydrogen) atoms. The van der Waals surface area contributed by atoms with Gasteiger partial charge < -0.3 is 9.30 Å². The normalized spacial score (nSPS) is 10.9. The fourth-order valence-electron chi connectivity index (χ4n) is 2.26. The molecule has 0 aliphatic carbocycles. The summed E-state index contributed by atoms with van der Waals surface area (Å²) >= 11 is 0. The number of hydrogen-bond acceptors (Lipinski definition) is 3. The van der Waals surface area contributed by atoms with Gasteiger partial charge in [-0.15, -0.1) is 0 Å². The summed E-state index contributed by atoms with van der Waals surface area (Å²) in [5.41, 5.74) is 1.99. The first-order valence-electron chi connectivity index (χ1n) is 7.14. The molecule has 2 rings (SSSR count). The van der Waals surface area contributed by atoms with Gasteiger partial charge in [-0.1, -0.05) is 13.8 Å². The van der Waals surface area contributed by atoms with Crippen molar-refractivity contribution in [1.29, 1.82) is 5.26 Å². The molecule has 0 amide bonds. The molecule has 1 heterocycles. The Kier molecular flexibility index (Phi) is 4.62. The first-order valence-corrected chi connectivity index (χ1v) is 7.14. The average Bonchev–Trinajstić information content (AvgIpc) is 2.74. The number of hydrogen-bond donors (Lipinski definition) is 0. The van der Waals surface area contributed by atoms with Gasteiger partial charge in [-0.2, -0.15) is 5.26 Å². The fraction of sp³-hybridized carbons (Fsp3) is 0.500. The lowest BCUT2D eigenvalue weighted by atomic mass is 10.1. The van der Waals surface area contributed by atoms with E-state index < -0.39 is 0 Å². The Morgan fingerprint density at radius 1 is 1.40 bits per heavy atom. The van der Waals surface area contributed by atoms with Crippen LogP contribution in [0.2, 0.25) is 0 Å². The largest absolute Gasteiger partial charge is 0.494 e. The first kappa shape index (κ1) is 14.4. The van der Waals surface area contributed by atoms with E-state index in [0.29, 0.717) is 18.9 Å². The van der Waals surface area contributed by atoms with Crippen LogP contribution in [0.1, 0.15) is 33.0 Å². The molecular weight excluding hydrogens is 250 g/mol. The van der Waals surface area contributed by atoms with Gasteiger partial charge >= 0.3 is 0 Å². The minimum Gasteiger partial charge on any atom is -0.494 e. The van der Waals surface area contributed by atoms with Gasteiger partial charge in [0.15, 0.2) is 0 Å². The van der Waals surface area contributed by atoms with E-state index in [4.69, 9.17) is 10.00 Å². The Labute approximate surface area is 120 Å². The highest BCUT2D eigenvalue weighted by Crippen LogP contribution is 2.23. The van der Waals surface area contributed by atoms with Crippen molar-refractivity contribution in [1.82, 2.24) is 9.55 Å². The smallest absolute Gasteiger partial charge is 0.124 e. The topological polar surface area (TPSA) is 50.8 Å². The summed E-state index contributed by atoms with van der Waals surface area (Å²) in [6.07, 6.45) is 1.42. The molecule has 0 N–H and O–H groups in total. The average molecular weight is 271 g/mol. The second-order valence-electron chi connectivity index (χ2n) is 5.28. The van der Waals surface area contributed by atoms with E-state index in [2.05, 4.69) is 29.5 Å². The molecule has 0 atom stereocenters. The second kappa shape index (κ2) is 6.42. The van der Waals surface area contributed by atoms with Crippen LogP contribution < -0.4 is 4.74 Å². The van der Waals surface area contributed by atoms with Gasteiger partial charge in [0.25, 0.3) is 0 Å². The number of fused-ring (bicyclic) bond motifs is 1. The molecule has 0 saturated carbocycles. The maximum atomic E-state index is 8.96. The molecule has 0 unspecified atom stereocenters. The number of benzene rings is 1. The van der Waals surface area contributed by atoms with Crippen LogP contribution in [0.4, 0.5) is 0 Å². The molecule has 2 aromatic rings. The van der Waals surface area contributed by atoms with E-state index >= 15 is 0 Å².